The smallest absolute Gasteiger partial charge is 0.230 e. The second-order valence-corrected chi connectivity index (χ2v) is 7.57. The third-order valence-corrected chi connectivity index (χ3v) is 5.61. The van der Waals surface area contributed by atoms with Crippen LogP contribution in [0.15, 0.2) is 30.3 Å². The first kappa shape index (κ1) is 17.3. The van der Waals surface area contributed by atoms with Gasteiger partial charge in [-0.05, 0) is 31.2 Å². The van der Waals surface area contributed by atoms with Gasteiger partial charge >= 0.3 is 0 Å². The number of carbonyl (C=O) groups excluding carboxylic acids is 1. The number of hydrogen-bond acceptors (Lipinski definition) is 3. The van der Waals surface area contributed by atoms with Crippen molar-refractivity contribution in [3.63, 3.8) is 0 Å². The number of benzene rings is 1. The molecule has 0 radical (unpaired) electrons. The molecule has 1 aromatic carbocycles. The van der Waals surface area contributed by atoms with Gasteiger partial charge in [0.05, 0.1) is 18.2 Å². The molecule has 2 aromatic rings. The zero-order valence-corrected chi connectivity index (χ0v) is 15.6. The molecule has 0 saturated heterocycles. The predicted octanol–water partition coefficient (Wildman–Crippen LogP) is 3.13. The normalized spacial score (nSPS) is 17.8. The molecule has 5 heteroatoms. The summed E-state index contributed by atoms with van der Waals surface area (Å²) >= 11 is 0. The lowest BCUT2D eigenvalue weighted by Crippen LogP contribution is -2.39. The molecular weight excluding hydrogens is 326 g/mol. The highest BCUT2D eigenvalue weighted by Gasteiger charge is 2.31. The molecule has 0 spiro atoms. The van der Waals surface area contributed by atoms with Crippen molar-refractivity contribution in [2.75, 3.05) is 13.7 Å². The van der Waals surface area contributed by atoms with Crippen LogP contribution in [0.5, 0.6) is 0 Å². The fraction of sp³-hybridized carbons (Fsp3) is 0.524. The lowest BCUT2D eigenvalue weighted by molar-refractivity contribution is -0.133. The molecular formula is C21H27N3O2. The second-order valence-electron chi connectivity index (χ2n) is 7.57. The van der Waals surface area contributed by atoms with Crippen LogP contribution in [-0.4, -0.2) is 34.2 Å². The van der Waals surface area contributed by atoms with Crippen molar-refractivity contribution in [2.24, 2.45) is 5.92 Å². The molecule has 1 atom stereocenters. The van der Waals surface area contributed by atoms with E-state index in [2.05, 4.69) is 4.68 Å². The summed E-state index contributed by atoms with van der Waals surface area (Å²) in [6.07, 6.45) is 3.51. The van der Waals surface area contributed by atoms with E-state index >= 15 is 0 Å². The number of methoxy groups -OCH3 is 1. The summed E-state index contributed by atoms with van der Waals surface area (Å²) in [6, 6.07) is 10.0. The van der Waals surface area contributed by atoms with E-state index in [1.54, 1.807) is 7.11 Å². The van der Waals surface area contributed by atoms with Crippen molar-refractivity contribution in [2.45, 2.75) is 51.8 Å². The van der Waals surface area contributed by atoms with Gasteiger partial charge in [-0.3, -0.25) is 9.48 Å². The summed E-state index contributed by atoms with van der Waals surface area (Å²) in [5.74, 6) is 0.859. The minimum atomic E-state index is -0.120. The van der Waals surface area contributed by atoms with Gasteiger partial charge in [0.1, 0.15) is 0 Å². The molecule has 1 saturated carbocycles. The molecule has 0 bridgehead atoms. The van der Waals surface area contributed by atoms with Crippen molar-refractivity contribution in [3.05, 3.63) is 52.8 Å². The zero-order chi connectivity index (χ0) is 18.1. The van der Waals surface area contributed by atoms with E-state index in [-0.39, 0.29) is 11.8 Å². The largest absolute Gasteiger partial charge is 0.378 e. The Labute approximate surface area is 154 Å². The SMILES string of the molecule is COCc1nn(CC2CC2)c2c1CN(C(=O)C(C)c1ccccc1)CC2. The molecule has 2 aliphatic rings. The van der Waals surface area contributed by atoms with Gasteiger partial charge in [0.15, 0.2) is 0 Å². The minimum absolute atomic E-state index is 0.120. The van der Waals surface area contributed by atoms with Crippen LogP contribution in [0, 0.1) is 5.92 Å². The van der Waals surface area contributed by atoms with E-state index in [0.717, 1.165) is 36.7 Å². The molecule has 1 aliphatic carbocycles. The van der Waals surface area contributed by atoms with Crippen LogP contribution in [0.3, 0.4) is 0 Å². The maximum atomic E-state index is 13.0. The fourth-order valence-corrected chi connectivity index (χ4v) is 3.86. The number of amides is 1. The quantitative estimate of drug-likeness (QED) is 0.802. The Balaban J connectivity index is 1.54. The summed E-state index contributed by atoms with van der Waals surface area (Å²) in [7, 11) is 1.70. The van der Waals surface area contributed by atoms with Gasteiger partial charge in [0.2, 0.25) is 5.91 Å². The molecule has 4 rings (SSSR count). The van der Waals surface area contributed by atoms with Gasteiger partial charge in [-0.1, -0.05) is 30.3 Å². The van der Waals surface area contributed by atoms with Crippen LogP contribution in [-0.2, 0) is 35.6 Å². The lowest BCUT2D eigenvalue weighted by Gasteiger charge is -2.30. The first-order valence-corrected chi connectivity index (χ1v) is 9.57. The summed E-state index contributed by atoms with van der Waals surface area (Å²) in [6.45, 7) is 4.94. The molecule has 26 heavy (non-hydrogen) atoms. The van der Waals surface area contributed by atoms with Gasteiger partial charge in [0.25, 0.3) is 0 Å². The van der Waals surface area contributed by atoms with E-state index in [4.69, 9.17) is 9.84 Å². The first-order valence-electron chi connectivity index (χ1n) is 9.57. The van der Waals surface area contributed by atoms with E-state index < -0.39 is 0 Å². The highest BCUT2D eigenvalue weighted by molar-refractivity contribution is 5.83. The predicted molar refractivity (Wildman–Crippen MR) is 99.6 cm³/mol. The minimum Gasteiger partial charge on any atom is -0.378 e. The number of nitrogens with zero attached hydrogens (tertiary/aromatic N) is 3. The fourth-order valence-electron chi connectivity index (χ4n) is 3.86. The van der Waals surface area contributed by atoms with Crippen molar-refractivity contribution in [1.82, 2.24) is 14.7 Å². The molecule has 1 aliphatic heterocycles. The average molecular weight is 353 g/mol. The molecule has 138 valence electrons. The number of ether oxygens (including phenoxy) is 1. The Kier molecular flexibility index (Phi) is 4.81. The first-order chi connectivity index (χ1) is 12.7. The number of aromatic nitrogens is 2. The molecule has 2 heterocycles. The molecule has 1 unspecified atom stereocenters. The molecule has 1 aromatic heterocycles. The van der Waals surface area contributed by atoms with Gasteiger partial charge in [0, 0.05) is 44.4 Å². The Morgan fingerprint density at radius 1 is 1.31 bits per heavy atom. The monoisotopic (exact) mass is 353 g/mol. The Morgan fingerprint density at radius 2 is 2.08 bits per heavy atom. The van der Waals surface area contributed by atoms with Crippen LogP contribution in [0.25, 0.3) is 0 Å². The maximum Gasteiger partial charge on any atom is 0.230 e. The Morgan fingerprint density at radius 3 is 2.77 bits per heavy atom. The summed E-state index contributed by atoms with van der Waals surface area (Å²) in [4.78, 5) is 15.0. The molecule has 1 amide bonds. The van der Waals surface area contributed by atoms with E-state index in [9.17, 15) is 4.79 Å². The number of fused-ring (bicyclic) bond motifs is 1. The summed E-state index contributed by atoms with van der Waals surface area (Å²) in [5.41, 5.74) is 4.57. The third-order valence-electron chi connectivity index (χ3n) is 5.61. The van der Waals surface area contributed by atoms with E-state index in [1.807, 2.05) is 42.2 Å². The van der Waals surface area contributed by atoms with E-state index in [1.165, 1.54) is 24.1 Å². The third kappa shape index (κ3) is 3.40. The summed E-state index contributed by atoms with van der Waals surface area (Å²) < 4.78 is 7.55. The number of rotatable bonds is 6. The van der Waals surface area contributed by atoms with Crippen molar-refractivity contribution >= 4 is 5.91 Å². The highest BCUT2D eigenvalue weighted by Crippen LogP contribution is 2.33. The van der Waals surface area contributed by atoms with Crippen LogP contribution >= 0.6 is 0 Å². The summed E-state index contributed by atoms with van der Waals surface area (Å²) in [5, 5.41) is 4.81. The topological polar surface area (TPSA) is 47.4 Å². The van der Waals surface area contributed by atoms with Crippen LogP contribution in [0.4, 0.5) is 0 Å². The zero-order valence-electron chi connectivity index (χ0n) is 15.6. The Bertz CT molecular complexity index is 780. The van der Waals surface area contributed by atoms with Crippen molar-refractivity contribution in [3.8, 4) is 0 Å². The molecule has 0 N–H and O–H groups in total. The van der Waals surface area contributed by atoms with Crippen molar-refractivity contribution < 1.29 is 9.53 Å². The maximum absolute atomic E-state index is 13.0. The van der Waals surface area contributed by atoms with Gasteiger partial charge in [-0.15, -0.1) is 0 Å². The highest BCUT2D eigenvalue weighted by atomic mass is 16.5. The van der Waals surface area contributed by atoms with Gasteiger partial charge < -0.3 is 9.64 Å². The Hall–Kier alpha value is -2.14. The van der Waals surface area contributed by atoms with Crippen LogP contribution in [0.2, 0.25) is 0 Å². The van der Waals surface area contributed by atoms with Crippen LogP contribution < -0.4 is 0 Å². The van der Waals surface area contributed by atoms with Crippen LogP contribution in [0.1, 0.15) is 48.2 Å². The standard InChI is InChI=1S/C21H27N3O2/c1-15(17-6-4-3-5-7-17)21(25)23-11-10-20-18(13-23)19(14-26-2)22-24(20)12-16-8-9-16/h3-7,15-16H,8-14H2,1-2H3. The van der Waals surface area contributed by atoms with Crippen molar-refractivity contribution in [1.29, 1.82) is 0 Å². The number of hydrogen-bond donors (Lipinski definition) is 0. The van der Waals surface area contributed by atoms with Gasteiger partial charge in [-0.25, -0.2) is 0 Å². The van der Waals surface area contributed by atoms with E-state index in [0.29, 0.717) is 13.2 Å². The second kappa shape index (κ2) is 7.23. The molecule has 1 fully saturated rings. The molecule has 5 nitrogen and oxygen atoms in total. The van der Waals surface area contributed by atoms with Gasteiger partial charge in [-0.2, -0.15) is 5.10 Å². The lowest BCUT2D eigenvalue weighted by atomic mass is 9.97. The average Bonchev–Trinajstić information content (AvgIpc) is 3.44. The number of carbonyl (C=O) groups is 1.